The number of carbonyl (C=O) groups is 4. The fourth-order valence-electron chi connectivity index (χ4n) is 3.02. The lowest BCUT2D eigenvalue weighted by molar-refractivity contribution is -0.148. The Morgan fingerprint density at radius 1 is 1.03 bits per heavy atom. The zero-order chi connectivity index (χ0) is 24.7. The number of hydrogen-bond donors (Lipinski definition) is 3. The van der Waals surface area contributed by atoms with Gasteiger partial charge in [-0.2, -0.15) is 0 Å². The number of rotatable bonds is 10. The molecule has 8 nitrogen and oxygen atoms in total. The molecule has 1 aromatic carbocycles. The first-order valence-electron chi connectivity index (χ1n) is 10.5. The molecule has 0 saturated carbocycles. The highest BCUT2D eigenvalue weighted by molar-refractivity contribution is 6.30. The van der Waals surface area contributed by atoms with E-state index >= 15 is 0 Å². The predicted molar refractivity (Wildman–Crippen MR) is 123 cm³/mol. The van der Waals surface area contributed by atoms with Crippen LogP contribution < -0.4 is 16.4 Å². The number of primary amides is 1. The molecule has 0 aliphatic carbocycles. The molecule has 0 aromatic heterocycles. The first-order chi connectivity index (χ1) is 14.7. The van der Waals surface area contributed by atoms with Gasteiger partial charge in [0.1, 0.15) is 12.1 Å². The summed E-state index contributed by atoms with van der Waals surface area (Å²) in [4.78, 5) is 49.7. The lowest BCUT2D eigenvalue weighted by Crippen LogP contribution is -2.59. The molecule has 0 bridgehead atoms. The maximum atomic E-state index is 13.2. The van der Waals surface area contributed by atoms with Crippen LogP contribution in [-0.2, 0) is 29.3 Å². The van der Waals surface area contributed by atoms with Crippen molar-refractivity contribution in [3.8, 4) is 0 Å². The standard InChI is InChI=1S/C23H34ClN3O5/c1-7-32-20(30)16(12-13-17(25)28)26-19(29)18(22(2,3)4)27-21(31)23(5,6)14-8-10-15(24)11-9-14/h8-11,16,18H,7,12-13H2,1-6H3,(H2,25,28)(H,26,29)(H,27,31)/t16-,18-/m1/s1. The number of halogens is 1. The van der Waals surface area contributed by atoms with E-state index < -0.39 is 40.7 Å². The molecule has 0 radical (unpaired) electrons. The van der Waals surface area contributed by atoms with Gasteiger partial charge in [0.05, 0.1) is 12.0 Å². The quantitative estimate of drug-likeness (QED) is 0.455. The van der Waals surface area contributed by atoms with Crippen LogP contribution in [0.4, 0.5) is 0 Å². The van der Waals surface area contributed by atoms with Gasteiger partial charge in [0.25, 0.3) is 0 Å². The monoisotopic (exact) mass is 467 g/mol. The van der Waals surface area contributed by atoms with Crippen molar-refractivity contribution in [3.63, 3.8) is 0 Å². The van der Waals surface area contributed by atoms with E-state index in [2.05, 4.69) is 10.6 Å². The van der Waals surface area contributed by atoms with Crippen molar-refractivity contribution in [1.82, 2.24) is 10.6 Å². The lowest BCUT2D eigenvalue weighted by Gasteiger charge is -2.34. The van der Waals surface area contributed by atoms with Gasteiger partial charge in [0.15, 0.2) is 0 Å². The highest BCUT2D eigenvalue weighted by atomic mass is 35.5. The average Bonchev–Trinajstić information content (AvgIpc) is 2.68. The molecule has 0 fully saturated rings. The Balaban J connectivity index is 3.08. The number of carbonyl (C=O) groups excluding carboxylic acids is 4. The van der Waals surface area contributed by atoms with E-state index in [0.717, 1.165) is 5.56 Å². The van der Waals surface area contributed by atoms with E-state index in [4.69, 9.17) is 22.1 Å². The van der Waals surface area contributed by atoms with Crippen LogP contribution in [0.15, 0.2) is 24.3 Å². The van der Waals surface area contributed by atoms with Crippen molar-refractivity contribution in [1.29, 1.82) is 0 Å². The predicted octanol–water partition coefficient (Wildman–Crippen LogP) is 2.46. The first-order valence-corrected chi connectivity index (χ1v) is 10.9. The molecule has 0 heterocycles. The third-order valence-electron chi connectivity index (χ3n) is 5.10. The Morgan fingerprint density at radius 2 is 1.59 bits per heavy atom. The van der Waals surface area contributed by atoms with Gasteiger partial charge >= 0.3 is 5.97 Å². The minimum Gasteiger partial charge on any atom is -0.464 e. The minimum absolute atomic E-state index is 0.000976. The Hall–Kier alpha value is -2.61. The van der Waals surface area contributed by atoms with Gasteiger partial charge in [0, 0.05) is 11.4 Å². The summed E-state index contributed by atoms with van der Waals surface area (Å²) in [5, 5.41) is 5.99. The SMILES string of the molecule is CCOC(=O)[C@@H](CCC(N)=O)NC(=O)[C@@H](NC(=O)C(C)(C)c1ccc(Cl)cc1)C(C)(C)C. The second-order valence-corrected chi connectivity index (χ2v) is 9.66. The largest absolute Gasteiger partial charge is 0.464 e. The van der Waals surface area contributed by atoms with Crippen LogP contribution in [0.2, 0.25) is 5.02 Å². The van der Waals surface area contributed by atoms with Gasteiger partial charge in [0.2, 0.25) is 17.7 Å². The summed E-state index contributed by atoms with van der Waals surface area (Å²) in [6, 6.07) is 4.90. The molecule has 0 unspecified atom stereocenters. The van der Waals surface area contributed by atoms with E-state index in [1.807, 2.05) is 0 Å². The number of benzene rings is 1. The Bertz CT molecular complexity index is 831. The molecule has 0 spiro atoms. The van der Waals surface area contributed by atoms with Crippen molar-refractivity contribution < 1.29 is 23.9 Å². The van der Waals surface area contributed by atoms with Crippen molar-refractivity contribution in [3.05, 3.63) is 34.9 Å². The Morgan fingerprint density at radius 3 is 2.06 bits per heavy atom. The van der Waals surface area contributed by atoms with E-state index in [0.29, 0.717) is 5.02 Å². The fraction of sp³-hybridized carbons (Fsp3) is 0.565. The molecular formula is C23H34ClN3O5. The van der Waals surface area contributed by atoms with E-state index in [-0.39, 0.29) is 25.4 Å². The van der Waals surface area contributed by atoms with Gasteiger partial charge in [-0.1, -0.05) is 44.5 Å². The van der Waals surface area contributed by atoms with Crippen LogP contribution >= 0.6 is 11.6 Å². The molecule has 2 atom stereocenters. The molecule has 0 aliphatic rings. The number of nitrogens with two attached hydrogens (primary N) is 1. The van der Waals surface area contributed by atoms with Gasteiger partial charge in [-0.05, 0) is 50.3 Å². The van der Waals surface area contributed by atoms with Crippen molar-refractivity contribution >= 4 is 35.3 Å². The van der Waals surface area contributed by atoms with Crippen molar-refractivity contribution in [2.75, 3.05) is 6.61 Å². The summed E-state index contributed by atoms with van der Waals surface area (Å²) in [6.45, 7) is 10.7. The fourth-order valence-corrected chi connectivity index (χ4v) is 3.14. The molecule has 1 rings (SSSR count). The molecule has 32 heavy (non-hydrogen) atoms. The summed E-state index contributed by atoms with van der Waals surface area (Å²) in [5.41, 5.74) is 4.31. The maximum absolute atomic E-state index is 13.2. The van der Waals surface area contributed by atoms with E-state index in [1.54, 1.807) is 65.8 Å². The highest BCUT2D eigenvalue weighted by Gasteiger charge is 2.39. The maximum Gasteiger partial charge on any atom is 0.328 e. The average molecular weight is 468 g/mol. The van der Waals surface area contributed by atoms with Gasteiger partial charge in [-0.25, -0.2) is 4.79 Å². The van der Waals surface area contributed by atoms with Crippen molar-refractivity contribution in [2.45, 2.75) is 71.9 Å². The summed E-state index contributed by atoms with van der Waals surface area (Å²) in [7, 11) is 0. The topological polar surface area (TPSA) is 128 Å². The summed E-state index contributed by atoms with van der Waals surface area (Å²) in [6.07, 6.45) is -0.0963. The highest BCUT2D eigenvalue weighted by Crippen LogP contribution is 2.27. The van der Waals surface area contributed by atoms with E-state index in [1.165, 1.54) is 0 Å². The van der Waals surface area contributed by atoms with E-state index in [9.17, 15) is 19.2 Å². The van der Waals surface area contributed by atoms with Gasteiger partial charge in [-0.15, -0.1) is 0 Å². The van der Waals surface area contributed by atoms with Crippen LogP contribution in [0.1, 0.15) is 59.9 Å². The summed E-state index contributed by atoms with van der Waals surface area (Å²) in [5.74, 6) is -2.18. The lowest BCUT2D eigenvalue weighted by atomic mass is 9.81. The molecule has 9 heteroatoms. The van der Waals surface area contributed by atoms with Gasteiger partial charge < -0.3 is 21.1 Å². The summed E-state index contributed by atoms with van der Waals surface area (Å²) >= 11 is 5.95. The molecule has 0 aliphatic heterocycles. The normalized spacial score (nSPS) is 13.6. The Labute approximate surface area is 194 Å². The molecule has 1 aromatic rings. The molecular weight excluding hydrogens is 434 g/mol. The second-order valence-electron chi connectivity index (χ2n) is 9.22. The first kappa shape index (κ1) is 27.4. The summed E-state index contributed by atoms with van der Waals surface area (Å²) < 4.78 is 5.00. The number of nitrogens with one attached hydrogen (secondary N) is 2. The smallest absolute Gasteiger partial charge is 0.328 e. The molecule has 0 saturated heterocycles. The van der Waals surface area contributed by atoms with Crippen LogP contribution in [-0.4, -0.2) is 42.4 Å². The molecule has 178 valence electrons. The number of esters is 1. The zero-order valence-electron chi connectivity index (χ0n) is 19.6. The van der Waals surface area contributed by atoms with Gasteiger partial charge in [-0.3, -0.25) is 14.4 Å². The molecule has 3 amide bonds. The Kier molecular flexibility index (Phi) is 9.70. The molecule has 4 N–H and O–H groups in total. The number of ether oxygens (including phenoxy) is 1. The van der Waals surface area contributed by atoms with Crippen LogP contribution in [0, 0.1) is 5.41 Å². The van der Waals surface area contributed by atoms with Crippen LogP contribution in [0.25, 0.3) is 0 Å². The zero-order valence-corrected chi connectivity index (χ0v) is 20.3. The second kappa shape index (κ2) is 11.3. The third-order valence-corrected chi connectivity index (χ3v) is 5.36. The number of hydrogen-bond acceptors (Lipinski definition) is 5. The van der Waals surface area contributed by atoms with Crippen LogP contribution in [0.5, 0.6) is 0 Å². The van der Waals surface area contributed by atoms with Crippen molar-refractivity contribution in [2.24, 2.45) is 11.1 Å². The minimum atomic E-state index is -1.05. The number of amides is 3. The third kappa shape index (κ3) is 7.82. The van der Waals surface area contributed by atoms with Crippen LogP contribution in [0.3, 0.4) is 0 Å².